The van der Waals surface area contributed by atoms with Gasteiger partial charge in [0.25, 0.3) is 0 Å². The predicted molar refractivity (Wildman–Crippen MR) is 80.6 cm³/mol. The summed E-state index contributed by atoms with van der Waals surface area (Å²) in [6, 6.07) is 7.92. The Balaban J connectivity index is 2.06. The first-order valence-corrected chi connectivity index (χ1v) is 7.17. The molecule has 0 N–H and O–H groups in total. The van der Waals surface area contributed by atoms with Gasteiger partial charge in [0.05, 0.1) is 22.6 Å². The van der Waals surface area contributed by atoms with Crippen LogP contribution in [0.15, 0.2) is 48.7 Å². The SMILES string of the molecule is Fc1cc(OC(F)(F)F)cc(-c2ccnn2-c2ccc(F)c(Cl)c2)c1. The molecule has 0 bridgehead atoms. The molecule has 0 aliphatic carbocycles. The van der Waals surface area contributed by atoms with Gasteiger partial charge in [-0.1, -0.05) is 11.6 Å². The molecule has 0 aliphatic rings. The van der Waals surface area contributed by atoms with E-state index in [2.05, 4.69) is 9.84 Å². The van der Waals surface area contributed by atoms with Crippen LogP contribution in [0.3, 0.4) is 0 Å². The van der Waals surface area contributed by atoms with Gasteiger partial charge in [0.15, 0.2) is 0 Å². The van der Waals surface area contributed by atoms with Crippen molar-refractivity contribution >= 4 is 11.6 Å². The molecule has 9 heteroatoms. The number of alkyl halides is 3. The van der Waals surface area contributed by atoms with Crippen molar-refractivity contribution in [2.75, 3.05) is 0 Å². The van der Waals surface area contributed by atoms with Crippen molar-refractivity contribution in [1.82, 2.24) is 9.78 Å². The number of hydrogen-bond acceptors (Lipinski definition) is 2. The number of aromatic nitrogens is 2. The summed E-state index contributed by atoms with van der Waals surface area (Å²) >= 11 is 5.73. The highest BCUT2D eigenvalue weighted by Gasteiger charge is 2.31. The van der Waals surface area contributed by atoms with Gasteiger partial charge in [0, 0.05) is 11.6 Å². The molecule has 3 aromatic rings. The summed E-state index contributed by atoms with van der Waals surface area (Å²) in [5.74, 6) is -2.25. The Kier molecular flexibility index (Phi) is 4.38. The Hall–Kier alpha value is -2.61. The number of halogens is 6. The fraction of sp³-hybridized carbons (Fsp3) is 0.0625. The van der Waals surface area contributed by atoms with E-state index in [9.17, 15) is 22.0 Å². The Morgan fingerprint density at radius 1 is 1.00 bits per heavy atom. The fourth-order valence-electron chi connectivity index (χ4n) is 2.25. The monoisotopic (exact) mass is 374 g/mol. The molecule has 25 heavy (non-hydrogen) atoms. The van der Waals surface area contributed by atoms with Crippen molar-refractivity contribution in [2.45, 2.75) is 6.36 Å². The predicted octanol–water partition coefficient (Wildman–Crippen LogP) is 5.37. The summed E-state index contributed by atoms with van der Waals surface area (Å²) in [6.45, 7) is 0. The molecule has 1 heterocycles. The maximum atomic E-state index is 13.7. The maximum absolute atomic E-state index is 13.7. The van der Waals surface area contributed by atoms with E-state index in [0.717, 1.165) is 18.2 Å². The van der Waals surface area contributed by atoms with E-state index in [4.69, 9.17) is 11.6 Å². The molecule has 0 atom stereocenters. The Morgan fingerprint density at radius 3 is 2.44 bits per heavy atom. The van der Waals surface area contributed by atoms with Gasteiger partial charge in [-0.25, -0.2) is 13.5 Å². The van der Waals surface area contributed by atoms with Crippen molar-refractivity contribution in [3.8, 4) is 22.7 Å². The van der Waals surface area contributed by atoms with Gasteiger partial charge >= 0.3 is 6.36 Å². The van der Waals surface area contributed by atoms with Crippen molar-refractivity contribution in [3.05, 3.63) is 65.3 Å². The van der Waals surface area contributed by atoms with E-state index < -0.39 is 23.7 Å². The highest BCUT2D eigenvalue weighted by Crippen LogP contribution is 2.31. The number of benzene rings is 2. The van der Waals surface area contributed by atoms with Gasteiger partial charge in [-0.15, -0.1) is 13.2 Å². The average molecular weight is 375 g/mol. The standard InChI is InChI=1S/C16H8ClF5N2O/c17-13-8-11(1-2-14(13)19)24-15(3-4-23-24)9-5-10(18)7-12(6-9)25-16(20,21)22/h1-8H. The van der Waals surface area contributed by atoms with Crippen LogP contribution < -0.4 is 4.74 Å². The highest BCUT2D eigenvalue weighted by molar-refractivity contribution is 6.30. The van der Waals surface area contributed by atoms with Gasteiger partial charge in [0.2, 0.25) is 0 Å². The zero-order chi connectivity index (χ0) is 18.2. The van der Waals surface area contributed by atoms with E-state index in [1.54, 1.807) is 0 Å². The van der Waals surface area contributed by atoms with E-state index in [1.807, 2.05) is 0 Å². The molecular formula is C16H8ClF5N2O. The van der Waals surface area contributed by atoms with Crippen molar-refractivity contribution in [3.63, 3.8) is 0 Å². The second-order valence-electron chi connectivity index (χ2n) is 4.95. The highest BCUT2D eigenvalue weighted by atomic mass is 35.5. The summed E-state index contributed by atoms with van der Waals surface area (Å²) in [5.41, 5.74) is 0.723. The molecule has 0 spiro atoms. The largest absolute Gasteiger partial charge is 0.573 e. The molecular weight excluding hydrogens is 367 g/mol. The molecule has 0 aliphatic heterocycles. The molecule has 3 rings (SSSR count). The topological polar surface area (TPSA) is 27.1 Å². The van der Waals surface area contributed by atoms with E-state index in [1.165, 1.54) is 29.1 Å². The zero-order valence-corrected chi connectivity index (χ0v) is 12.9. The lowest BCUT2D eigenvalue weighted by atomic mass is 10.1. The van der Waals surface area contributed by atoms with Crippen LogP contribution in [0, 0.1) is 11.6 Å². The zero-order valence-electron chi connectivity index (χ0n) is 12.2. The van der Waals surface area contributed by atoms with Gasteiger partial charge in [-0.2, -0.15) is 5.10 Å². The van der Waals surface area contributed by atoms with Crippen LogP contribution in [-0.4, -0.2) is 16.1 Å². The lowest BCUT2D eigenvalue weighted by molar-refractivity contribution is -0.274. The Morgan fingerprint density at radius 2 is 1.76 bits per heavy atom. The molecule has 0 amide bonds. The Labute approximate surface area is 143 Å². The van der Waals surface area contributed by atoms with Crippen molar-refractivity contribution in [2.24, 2.45) is 0 Å². The van der Waals surface area contributed by atoms with Gasteiger partial charge < -0.3 is 4.74 Å². The number of rotatable bonds is 3. The lowest BCUT2D eigenvalue weighted by Gasteiger charge is -2.12. The first kappa shape index (κ1) is 17.2. The molecule has 3 nitrogen and oxygen atoms in total. The third-order valence-electron chi connectivity index (χ3n) is 3.19. The molecule has 0 fully saturated rings. The molecule has 0 saturated heterocycles. The van der Waals surface area contributed by atoms with Crippen LogP contribution in [0.1, 0.15) is 0 Å². The number of hydrogen-bond donors (Lipinski definition) is 0. The molecule has 0 saturated carbocycles. The van der Waals surface area contributed by atoms with Crippen LogP contribution in [0.2, 0.25) is 5.02 Å². The minimum atomic E-state index is -4.95. The minimum absolute atomic E-state index is 0.0946. The fourth-order valence-corrected chi connectivity index (χ4v) is 2.42. The van der Waals surface area contributed by atoms with Crippen LogP contribution in [0.25, 0.3) is 16.9 Å². The third kappa shape index (κ3) is 3.90. The van der Waals surface area contributed by atoms with Gasteiger partial charge in [-0.3, -0.25) is 0 Å². The van der Waals surface area contributed by atoms with Crippen molar-refractivity contribution < 1.29 is 26.7 Å². The molecule has 0 unspecified atom stereocenters. The smallest absolute Gasteiger partial charge is 0.406 e. The van der Waals surface area contributed by atoms with Gasteiger partial charge in [-0.05, 0) is 36.4 Å². The molecule has 0 radical (unpaired) electrons. The number of nitrogens with zero attached hydrogens (tertiary/aromatic N) is 2. The van der Waals surface area contributed by atoms with Gasteiger partial charge in [0.1, 0.15) is 17.4 Å². The van der Waals surface area contributed by atoms with Crippen LogP contribution >= 0.6 is 11.6 Å². The Bertz CT molecular complexity index is 923. The maximum Gasteiger partial charge on any atom is 0.573 e. The second-order valence-corrected chi connectivity index (χ2v) is 5.36. The quantitative estimate of drug-likeness (QED) is 0.576. The second kappa shape index (κ2) is 6.36. The van der Waals surface area contributed by atoms with Crippen LogP contribution in [-0.2, 0) is 0 Å². The summed E-state index contributed by atoms with van der Waals surface area (Å²) in [7, 11) is 0. The molecule has 1 aromatic heterocycles. The summed E-state index contributed by atoms with van der Waals surface area (Å²) in [5, 5.41) is 3.86. The van der Waals surface area contributed by atoms with E-state index >= 15 is 0 Å². The lowest BCUT2D eigenvalue weighted by Crippen LogP contribution is -2.17. The average Bonchev–Trinajstić information content (AvgIpc) is 2.97. The van der Waals surface area contributed by atoms with Crippen LogP contribution in [0.5, 0.6) is 5.75 Å². The van der Waals surface area contributed by atoms with Crippen LogP contribution in [0.4, 0.5) is 22.0 Å². The first-order chi connectivity index (χ1) is 11.7. The first-order valence-electron chi connectivity index (χ1n) is 6.79. The minimum Gasteiger partial charge on any atom is -0.406 e. The third-order valence-corrected chi connectivity index (χ3v) is 3.48. The number of ether oxygens (including phenoxy) is 1. The molecule has 2 aromatic carbocycles. The summed E-state index contributed by atoms with van der Waals surface area (Å²) in [6.07, 6.45) is -3.59. The van der Waals surface area contributed by atoms with E-state index in [-0.39, 0.29) is 16.3 Å². The normalized spacial score (nSPS) is 11.6. The van der Waals surface area contributed by atoms with Crippen molar-refractivity contribution in [1.29, 1.82) is 0 Å². The summed E-state index contributed by atoms with van der Waals surface area (Å²) < 4.78 is 69.1. The summed E-state index contributed by atoms with van der Waals surface area (Å²) in [4.78, 5) is 0. The molecule has 130 valence electrons. The van der Waals surface area contributed by atoms with E-state index in [0.29, 0.717) is 11.8 Å².